The summed E-state index contributed by atoms with van der Waals surface area (Å²) in [6.45, 7) is 2.06. The molecular weight excluding hydrogens is 354 g/mol. The van der Waals surface area contributed by atoms with Crippen LogP contribution in [-0.4, -0.2) is 27.9 Å². The zero-order valence-corrected chi connectivity index (χ0v) is 15.9. The summed E-state index contributed by atoms with van der Waals surface area (Å²) in [4.78, 5) is 2.34. The first-order chi connectivity index (χ1) is 13.3. The Morgan fingerprint density at radius 2 is 1.78 bits per heavy atom. The van der Waals surface area contributed by atoms with Crippen LogP contribution >= 0.6 is 11.8 Å². The third kappa shape index (κ3) is 3.99. The van der Waals surface area contributed by atoms with E-state index >= 15 is 0 Å². The number of hydrogen-bond donors (Lipinski definition) is 0. The lowest BCUT2D eigenvalue weighted by molar-refractivity contribution is 0.564. The molecule has 1 aromatic heterocycles. The third-order valence-electron chi connectivity index (χ3n) is 4.69. The van der Waals surface area contributed by atoms with Gasteiger partial charge in [-0.1, -0.05) is 42.1 Å². The molecule has 0 N–H and O–H groups in total. The van der Waals surface area contributed by atoms with Crippen molar-refractivity contribution < 1.29 is 0 Å². The Morgan fingerprint density at radius 1 is 0.963 bits per heavy atom. The molecule has 0 aliphatic carbocycles. The maximum atomic E-state index is 9.10. The van der Waals surface area contributed by atoms with Gasteiger partial charge in [-0.25, -0.2) is 0 Å². The Balaban J connectivity index is 1.63. The number of anilines is 1. The minimum atomic E-state index is 0.687. The Morgan fingerprint density at radius 3 is 2.56 bits per heavy atom. The molecular formula is C21H21N5S. The van der Waals surface area contributed by atoms with Crippen LogP contribution < -0.4 is 4.90 Å². The van der Waals surface area contributed by atoms with E-state index < -0.39 is 0 Å². The van der Waals surface area contributed by atoms with Crippen molar-refractivity contribution in [2.24, 2.45) is 0 Å². The fraction of sp³-hybridized carbons (Fsp3) is 0.286. The first kappa shape index (κ1) is 17.6. The van der Waals surface area contributed by atoms with E-state index in [0.717, 1.165) is 41.2 Å². The van der Waals surface area contributed by atoms with Crippen LogP contribution in [0.4, 0.5) is 5.95 Å². The number of nitriles is 1. The molecule has 0 atom stereocenters. The standard InChI is InChI=1S/C21H21N5S/c22-15-17-8-7-9-18(14-17)16-27-21-24-23-20(25-12-5-2-6-13-25)26(21)19-10-3-1-4-11-19/h1,3-4,7-11,14H,2,5-6,12-13,16H2. The number of piperidine rings is 1. The van der Waals surface area contributed by atoms with Crippen molar-refractivity contribution >= 4 is 17.7 Å². The third-order valence-corrected chi connectivity index (χ3v) is 5.69. The lowest BCUT2D eigenvalue weighted by atomic mass is 10.1. The van der Waals surface area contributed by atoms with Crippen LogP contribution in [0.15, 0.2) is 59.8 Å². The minimum absolute atomic E-state index is 0.687. The molecule has 2 aromatic carbocycles. The Bertz CT molecular complexity index is 939. The van der Waals surface area contributed by atoms with Gasteiger partial charge in [-0.2, -0.15) is 5.26 Å². The molecule has 0 bridgehead atoms. The van der Waals surface area contributed by atoms with Gasteiger partial charge in [0.25, 0.3) is 0 Å². The molecule has 1 saturated heterocycles. The van der Waals surface area contributed by atoms with Gasteiger partial charge in [0.15, 0.2) is 5.16 Å². The van der Waals surface area contributed by atoms with Crippen molar-refractivity contribution in [1.29, 1.82) is 5.26 Å². The van der Waals surface area contributed by atoms with Gasteiger partial charge < -0.3 is 4.90 Å². The van der Waals surface area contributed by atoms with Crippen LogP contribution in [0.2, 0.25) is 0 Å². The highest BCUT2D eigenvalue weighted by Gasteiger charge is 2.21. The number of thioether (sulfide) groups is 1. The molecule has 5 nitrogen and oxygen atoms in total. The minimum Gasteiger partial charge on any atom is -0.341 e. The molecule has 1 aliphatic rings. The second-order valence-electron chi connectivity index (χ2n) is 6.60. The molecule has 6 heteroatoms. The average Bonchev–Trinajstić information content (AvgIpc) is 3.17. The summed E-state index contributed by atoms with van der Waals surface area (Å²) in [6, 6.07) is 20.2. The first-order valence-electron chi connectivity index (χ1n) is 9.23. The summed E-state index contributed by atoms with van der Waals surface area (Å²) in [5.41, 5.74) is 2.88. The van der Waals surface area contributed by atoms with Crippen molar-refractivity contribution in [2.75, 3.05) is 18.0 Å². The molecule has 136 valence electrons. The smallest absolute Gasteiger partial charge is 0.232 e. The largest absolute Gasteiger partial charge is 0.341 e. The van der Waals surface area contributed by atoms with Gasteiger partial charge in [0.2, 0.25) is 5.95 Å². The Hall–Kier alpha value is -2.78. The molecule has 0 spiro atoms. The van der Waals surface area contributed by atoms with E-state index in [0.29, 0.717) is 5.56 Å². The van der Waals surface area contributed by atoms with Crippen molar-refractivity contribution in [1.82, 2.24) is 14.8 Å². The zero-order valence-electron chi connectivity index (χ0n) is 15.1. The molecule has 1 aliphatic heterocycles. The summed E-state index contributed by atoms with van der Waals surface area (Å²) in [5.74, 6) is 1.68. The lowest BCUT2D eigenvalue weighted by Crippen LogP contribution is -2.31. The normalized spacial score (nSPS) is 14.1. The monoisotopic (exact) mass is 375 g/mol. The van der Waals surface area contributed by atoms with Gasteiger partial charge in [-0.05, 0) is 49.1 Å². The molecule has 0 radical (unpaired) electrons. The van der Waals surface area contributed by atoms with Crippen LogP contribution in [0.3, 0.4) is 0 Å². The molecule has 1 fully saturated rings. The van der Waals surface area contributed by atoms with Crippen LogP contribution in [-0.2, 0) is 5.75 Å². The Kier molecular flexibility index (Phi) is 5.40. The quantitative estimate of drug-likeness (QED) is 0.618. The van der Waals surface area contributed by atoms with Gasteiger partial charge in [-0.3, -0.25) is 4.57 Å². The molecule has 2 heterocycles. The molecule has 27 heavy (non-hydrogen) atoms. The van der Waals surface area contributed by atoms with E-state index in [4.69, 9.17) is 5.26 Å². The van der Waals surface area contributed by atoms with Gasteiger partial charge in [0.1, 0.15) is 0 Å². The number of nitrogens with zero attached hydrogens (tertiary/aromatic N) is 5. The highest BCUT2D eigenvalue weighted by atomic mass is 32.2. The second-order valence-corrected chi connectivity index (χ2v) is 7.54. The van der Waals surface area contributed by atoms with E-state index in [1.54, 1.807) is 11.8 Å². The predicted octanol–water partition coefficient (Wildman–Crippen LogP) is 4.42. The summed E-state index contributed by atoms with van der Waals surface area (Å²) < 4.78 is 2.16. The predicted molar refractivity (Wildman–Crippen MR) is 108 cm³/mol. The van der Waals surface area contributed by atoms with Crippen LogP contribution in [0.5, 0.6) is 0 Å². The summed E-state index contributed by atoms with van der Waals surface area (Å²) >= 11 is 1.65. The van der Waals surface area contributed by atoms with Crippen molar-refractivity contribution in [3.05, 3.63) is 65.7 Å². The van der Waals surface area contributed by atoms with E-state index in [2.05, 4.69) is 37.9 Å². The second kappa shape index (κ2) is 8.28. The van der Waals surface area contributed by atoms with E-state index in [1.807, 2.05) is 42.5 Å². The summed E-state index contributed by atoms with van der Waals surface area (Å²) in [5, 5.41) is 19.0. The van der Waals surface area contributed by atoms with E-state index in [-0.39, 0.29) is 0 Å². The molecule has 0 amide bonds. The van der Waals surface area contributed by atoms with Crippen molar-refractivity contribution in [3.63, 3.8) is 0 Å². The van der Waals surface area contributed by atoms with Gasteiger partial charge >= 0.3 is 0 Å². The fourth-order valence-corrected chi connectivity index (χ4v) is 4.23. The van der Waals surface area contributed by atoms with Crippen molar-refractivity contribution in [3.8, 4) is 11.8 Å². The number of aromatic nitrogens is 3. The maximum Gasteiger partial charge on any atom is 0.232 e. The highest BCUT2D eigenvalue weighted by Crippen LogP contribution is 2.30. The highest BCUT2D eigenvalue weighted by molar-refractivity contribution is 7.98. The SMILES string of the molecule is N#Cc1cccc(CSc2nnc(N3CCCCC3)n2-c2ccccc2)c1. The van der Waals surface area contributed by atoms with E-state index in [1.165, 1.54) is 19.3 Å². The van der Waals surface area contributed by atoms with Crippen LogP contribution in [0.1, 0.15) is 30.4 Å². The van der Waals surface area contributed by atoms with Crippen molar-refractivity contribution in [2.45, 2.75) is 30.2 Å². The summed E-state index contributed by atoms with van der Waals surface area (Å²) in [7, 11) is 0. The number of rotatable bonds is 5. The van der Waals surface area contributed by atoms with Gasteiger partial charge in [0.05, 0.1) is 17.3 Å². The molecule has 0 saturated carbocycles. The first-order valence-corrected chi connectivity index (χ1v) is 10.2. The topological polar surface area (TPSA) is 57.7 Å². The number of para-hydroxylation sites is 1. The molecule has 4 rings (SSSR count). The molecule has 3 aromatic rings. The van der Waals surface area contributed by atoms with Crippen LogP contribution in [0, 0.1) is 11.3 Å². The number of hydrogen-bond acceptors (Lipinski definition) is 5. The lowest BCUT2D eigenvalue weighted by Gasteiger charge is -2.27. The average molecular weight is 376 g/mol. The fourth-order valence-electron chi connectivity index (χ4n) is 3.34. The van der Waals surface area contributed by atoms with Crippen LogP contribution in [0.25, 0.3) is 5.69 Å². The molecule has 0 unspecified atom stereocenters. The Labute approximate surface area is 163 Å². The number of benzene rings is 2. The van der Waals surface area contributed by atoms with Gasteiger partial charge in [0, 0.05) is 18.8 Å². The van der Waals surface area contributed by atoms with Gasteiger partial charge in [-0.15, -0.1) is 10.2 Å². The summed E-state index contributed by atoms with van der Waals surface area (Å²) in [6.07, 6.45) is 3.68. The van der Waals surface area contributed by atoms with E-state index in [9.17, 15) is 0 Å². The maximum absolute atomic E-state index is 9.10. The zero-order chi connectivity index (χ0) is 18.5.